The molecule has 0 aromatic rings. The van der Waals surface area contributed by atoms with Crippen molar-refractivity contribution in [2.24, 2.45) is 22.7 Å². The molecule has 594 valence electrons. The Bertz CT molecular complexity index is 2650. The third-order valence-electron chi connectivity index (χ3n) is 22.8. The summed E-state index contributed by atoms with van der Waals surface area (Å²) in [4.78, 5) is 95.6. The third-order valence-corrected chi connectivity index (χ3v) is 22.8. The topological polar surface area (TPSA) is 195 Å². The molecule has 1 N–H and O–H groups in total. The van der Waals surface area contributed by atoms with Crippen LogP contribution in [0, 0.1) is 34.0 Å². The molecule has 7 aliphatic rings. The van der Waals surface area contributed by atoms with Gasteiger partial charge in [-0.05, 0) is 191 Å². The summed E-state index contributed by atoms with van der Waals surface area (Å²) in [6.07, 6.45) is -1.10. The number of nitriles is 1. The fourth-order valence-electron chi connectivity index (χ4n) is 13.7. The van der Waals surface area contributed by atoms with Crippen molar-refractivity contribution in [2.45, 2.75) is 313 Å². The molecular formula is C77H145F4N13O8. The van der Waals surface area contributed by atoms with E-state index in [0.29, 0.717) is 62.0 Å². The summed E-state index contributed by atoms with van der Waals surface area (Å²) in [5.74, 6) is -0.974. The predicted molar refractivity (Wildman–Crippen MR) is 401 cm³/mol. The number of halogens is 4. The lowest BCUT2D eigenvalue weighted by Gasteiger charge is -2.31. The van der Waals surface area contributed by atoms with Gasteiger partial charge in [0.1, 0.15) is 5.41 Å². The summed E-state index contributed by atoms with van der Waals surface area (Å²) >= 11 is 0. The van der Waals surface area contributed by atoms with Crippen LogP contribution in [0.3, 0.4) is 0 Å². The second-order valence-electron chi connectivity index (χ2n) is 34.3. The smallest absolute Gasteiger partial charge is 0.264 e. The van der Waals surface area contributed by atoms with Crippen molar-refractivity contribution < 1.29 is 56.2 Å². The SMILES string of the molecule is CC(C)N(C)C(=O)C1CN(C(C)C)C2CCOC12.CC(C)N1CC(C(=O)N(C)C(C)C)C(C)(C)C1.CC(C)N1CC(F)C(F)(C(=O)N(C)C(C)C)C1.CC(C)N1CC(F)C(F)(C(=O)N(C)C(C)C)C1.CC(C)N1CCC(C#N)(C(=O)N(C)C(C)C)C1.CC(C)N1CCC(O)(C(=O)N(C)C(C)C)C1. The number of aliphatic hydroxyl groups is 1. The number of hydrogen-bond acceptors (Lipinski definition) is 15. The van der Waals surface area contributed by atoms with Crippen LogP contribution >= 0.6 is 0 Å². The van der Waals surface area contributed by atoms with Crippen LogP contribution in [-0.4, -0.2) is 334 Å². The molecule has 102 heavy (non-hydrogen) atoms. The van der Waals surface area contributed by atoms with Crippen LogP contribution in [-0.2, 0) is 33.5 Å². The van der Waals surface area contributed by atoms with E-state index in [-0.39, 0.29) is 116 Å². The molecule has 21 nitrogen and oxygen atoms in total. The molecule has 10 atom stereocenters. The molecule has 7 rings (SSSR count). The third kappa shape index (κ3) is 23.4. The van der Waals surface area contributed by atoms with Gasteiger partial charge >= 0.3 is 0 Å². The Hall–Kier alpha value is -4.29. The molecule has 0 aromatic heterocycles. The summed E-state index contributed by atoms with van der Waals surface area (Å²) < 4.78 is 62.4. The Morgan fingerprint density at radius 3 is 1.14 bits per heavy atom. The van der Waals surface area contributed by atoms with Crippen LogP contribution in [0.5, 0.6) is 0 Å². The number of amides is 6. The van der Waals surface area contributed by atoms with Gasteiger partial charge in [0.15, 0.2) is 17.9 Å². The van der Waals surface area contributed by atoms with E-state index in [1.54, 1.807) is 61.4 Å². The molecule has 7 fully saturated rings. The molecule has 7 saturated heterocycles. The van der Waals surface area contributed by atoms with E-state index in [1.807, 2.05) is 79.3 Å². The number of carbonyl (C=O) groups excluding carboxylic acids is 6. The maximum absolute atomic E-state index is 14.5. The normalized spacial score (nSPS) is 28.3. The van der Waals surface area contributed by atoms with Gasteiger partial charge in [0.05, 0.1) is 24.0 Å². The molecule has 10 unspecified atom stereocenters. The van der Waals surface area contributed by atoms with Gasteiger partial charge in [0.2, 0.25) is 29.1 Å². The van der Waals surface area contributed by atoms with Crippen LogP contribution in [0.25, 0.3) is 0 Å². The molecule has 0 aliphatic carbocycles. The quantitative estimate of drug-likeness (QED) is 0.128. The second kappa shape index (κ2) is 39.0. The van der Waals surface area contributed by atoms with E-state index in [9.17, 15) is 56.7 Å². The van der Waals surface area contributed by atoms with Gasteiger partial charge in [-0.3, -0.25) is 58.2 Å². The Morgan fingerprint density at radius 1 is 0.451 bits per heavy atom. The molecule has 0 spiro atoms. The van der Waals surface area contributed by atoms with Gasteiger partial charge < -0.3 is 39.2 Å². The zero-order valence-corrected chi connectivity index (χ0v) is 69.6. The summed E-state index contributed by atoms with van der Waals surface area (Å²) in [5.41, 5.74) is -6.69. The Morgan fingerprint density at radius 2 is 0.804 bits per heavy atom. The van der Waals surface area contributed by atoms with Gasteiger partial charge in [0.25, 0.3) is 17.7 Å². The fourth-order valence-corrected chi connectivity index (χ4v) is 13.7. The zero-order valence-electron chi connectivity index (χ0n) is 69.6. The van der Waals surface area contributed by atoms with Crippen molar-refractivity contribution in [3.05, 3.63) is 0 Å². The number of β-amino-alcohol motifs (C(OH)–C–C–N with tert-alkyl or cyclic N) is 1. The van der Waals surface area contributed by atoms with Crippen molar-refractivity contribution >= 4 is 35.4 Å². The first-order valence-corrected chi connectivity index (χ1v) is 38.1. The average Bonchev–Trinajstić information content (AvgIpc) is 1.65. The Kier molecular flexibility index (Phi) is 35.9. The van der Waals surface area contributed by atoms with Crippen molar-refractivity contribution in [3.63, 3.8) is 0 Å². The minimum Gasteiger partial charge on any atom is -0.379 e. The minimum absolute atomic E-state index is 0.00809. The lowest BCUT2D eigenvalue weighted by Crippen LogP contribution is -2.52. The highest BCUT2D eigenvalue weighted by molar-refractivity contribution is 5.88. The summed E-state index contributed by atoms with van der Waals surface area (Å²) in [5, 5.41) is 19.8. The average molecular weight is 1460 g/mol. The molecule has 7 heterocycles. The number of rotatable bonds is 18. The van der Waals surface area contributed by atoms with Gasteiger partial charge in [-0.1, -0.05) is 13.8 Å². The molecular weight excluding hydrogens is 1310 g/mol. The maximum Gasteiger partial charge on any atom is 0.264 e. The summed E-state index contributed by atoms with van der Waals surface area (Å²) in [6, 6.07) is 5.13. The van der Waals surface area contributed by atoms with Crippen LogP contribution in [0.2, 0.25) is 0 Å². The first-order valence-electron chi connectivity index (χ1n) is 38.1. The fraction of sp³-hybridized carbons (Fsp3) is 0.909. The minimum atomic E-state index is -2.39. The lowest BCUT2D eigenvalue weighted by atomic mass is 9.81. The van der Waals surface area contributed by atoms with Gasteiger partial charge in [0, 0.05) is 199 Å². The van der Waals surface area contributed by atoms with Crippen molar-refractivity contribution in [2.75, 3.05) is 121 Å². The van der Waals surface area contributed by atoms with E-state index in [4.69, 9.17) is 4.74 Å². The van der Waals surface area contributed by atoms with E-state index < -0.39 is 46.5 Å². The Balaban J connectivity index is 0.000000416. The van der Waals surface area contributed by atoms with Crippen LogP contribution in [0.4, 0.5) is 17.6 Å². The highest BCUT2D eigenvalue weighted by Gasteiger charge is 2.58. The maximum atomic E-state index is 14.5. The van der Waals surface area contributed by atoms with Crippen LogP contribution < -0.4 is 0 Å². The Labute approximate surface area is 616 Å². The number of fused-ring (bicyclic) bond motifs is 1. The molecule has 6 amide bonds. The first kappa shape index (κ1) is 93.8. The summed E-state index contributed by atoms with van der Waals surface area (Å²) in [7, 11) is 10.4. The van der Waals surface area contributed by atoms with E-state index >= 15 is 0 Å². The number of likely N-dealkylation sites (tertiary alicyclic amines) is 6. The molecule has 0 bridgehead atoms. The van der Waals surface area contributed by atoms with Crippen LogP contribution in [0.15, 0.2) is 0 Å². The van der Waals surface area contributed by atoms with Crippen molar-refractivity contribution in [1.29, 1.82) is 5.26 Å². The standard InChI is InChI=1S/C14H26N2O2.C14H28N2O.C13H23N3O.2C12H22F2N2O.C12H24N2O2/c1-9(2)15(5)14(17)11-8-16(10(3)4)12-6-7-18-13(11)12;1-10(2)15(7)13(17)12-8-16(11(3)4)9-14(12,5)6;1-10(2)15(5)12(17)13(8-14)6-7-16(9-13)11(3)4;2*1-8(2)15(5)11(17)12(14)7-16(9(3)4)6-10(12)13;1-9(2)13(5)11(15)12(16)6-7-14(8-12)10(3)4/h9-13H,6-8H2,1-5H3;10-12H,8-9H2,1-7H3;10-11H,6-7,9H2,1-5H3;2*8-10H,6-7H2,1-5H3;9-10,16H,6-8H2,1-5H3. The monoisotopic (exact) mass is 1460 g/mol. The van der Waals surface area contributed by atoms with Gasteiger partial charge in [-0.15, -0.1) is 0 Å². The highest BCUT2D eigenvalue weighted by atomic mass is 19.2. The number of nitrogens with zero attached hydrogens (tertiary/aromatic N) is 13. The van der Waals surface area contributed by atoms with Gasteiger partial charge in [-0.2, -0.15) is 5.26 Å². The number of hydrogen-bond donors (Lipinski definition) is 1. The number of carbonyl (C=O) groups is 6. The number of ether oxygens (including phenoxy) is 1. The zero-order chi connectivity index (χ0) is 79.3. The second-order valence-corrected chi connectivity index (χ2v) is 34.3. The number of alkyl halides is 4. The largest absolute Gasteiger partial charge is 0.379 e. The van der Waals surface area contributed by atoms with Crippen molar-refractivity contribution in [1.82, 2.24) is 58.8 Å². The van der Waals surface area contributed by atoms with E-state index in [1.165, 1.54) is 23.9 Å². The van der Waals surface area contributed by atoms with E-state index in [2.05, 4.69) is 123 Å². The molecule has 0 aromatic carbocycles. The predicted octanol–water partition coefficient (Wildman–Crippen LogP) is 8.99. The van der Waals surface area contributed by atoms with E-state index in [0.717, 1.165) is 45.8 Å². The van der Waals surface area contributed by atoms with Crippen molar-refractivity contribution in [3.8, 4) is 6.07 Å². The molecule has 7 aliphatic heterocycles. The lowest BCUT2D eigenvalue weighted by molar-refractivity contribution is -0.150. The molecule has 25 heteroatoms. The molecule has 0 saturated carbocycles. The summed E-state index contributed by atoms with van der Waals surface area (Å²) in [6.45, 7) is 58.2. The first-order chi connectivity index (χ1) is 46.6. The van der Waals surface area contributed by atoms with Crippen LogP contribution in [0.1, 0.15) is 199 Å². The molecule has 0 radical (unpaired) electrons. The van der Waals surface area contributed by atoms with Gasteiger partial charge in [-0.25, -0.2) is 17.6 Å². The highest BCUT2D eigenvalue weighted by Crippen LogP contribution is 2.40. The number of likely N-dealkylation sites (N-methyl/N-ethyl adjacent to an activating group) is 1.